The molecular formula is C28H53O3PS. The number of benzene rings is 1. The Kier molecular flexibility index (Phi) is 13.8. The van der Waals surface area contributed by atoms with Crippen LogP contribution in [0.5, 0.6) is 0 Å². The van der Waals surface area contributed by atoms with E-state index < -0.39 is 16.9 Å². The van der Waals surface area contributed by atoms with Gasteiger partial charge in [-0.05, 0) is 0 Å². The molecule has 0 fully saturated rings. The molecule has 0 saturated heterocycles. The number of rotatable bonds is 19. The molecule has 33 heavy (non-hydrogen) atoms. The molecule has 1 aromatic carbocycles. The van der Waals surface area contributed by atoms with Gasteiger partial charge in [0.1, 0.15) is 0 Å². The normalized spacial score (nSPS) is 13.7. The first-order valence-electron chi connectivity index (χ1n) is 13.8. The van der Waals surface area contributed by atoms with Crippen molar-refractivity contribution in [3.8, 4) is 0 Å². The van der Waals surface area contributed by atoms with Crippen molar-refractivity contribution in [2.24, 2.45) is 0 Å². The van der Waals surface area contributed by atoms with E-state index in [1.165, 1.54) is 5.56 Å². The molecule has 0 amide bonds. The van der Waals surface area contributed by atoms with Crippen molar-refractivity contribution < 1.29 is 12.4 Å². The Bertz CT molecular complexity index is 764. The summed E-state index contributed by atoms with van der Waals surface area (Å²) in [6, 6.07) is 5.88. The van der Waals surface area contributed by atoms with Crippen molar-refractivity contribution in [3.63, 3.8) is 0 Å². The molecule has 0 aliphatic rings. The maximum atomic E-state index is 14.1. The van der Waals surface area contributed by atoms with Crippen molar-refractivity contribution in [2.45, 2.75) is 123 Å². The van der Waals surface area contributed by atoms with Gasteiger partial charge >= 0.3 is 207 Å². The van der Waals surface area contributed by atoms with Crippen LogP contribution in [0.4, 0.5) is 0 Å². The van der Waals surface area contributed by atoms with Gasteiger partial charge in [-0.2, -0.15) is 0 Å². The maximum absolute atomic E-state index is 14.1. The van der Waals surface area contributed by atoms with E-state index in [1.807, 2.05) is 12.1 Å². The molecule has 0 spiro atoms. The van der Waals surface area contributed by atoms with E-state index in [0.717, 1.165) is 107 Å². The van der Waals surface area contributed by atoms with Gasteiger partial charge in [-0.1, -0.05) is 0 Å². The number of hydrogen-bond acceptors (Lipinski definition) is 3. The SMILES string of the molecule is CCCCc1cccc(S(=O)(=O)OP(CC)(CCCC)(CCCC)CCCC)c1CCCC. The molecule has 0 N–H and O–H groups in total. The van der Waals surface area contributed by atoms with Gasteiger partial charge < -0.3 is 0 Å². The van der Waals surface area contributed by atoms with Gasteiger partial charge in [-0.3, -0.25) is 0 Å². The zero-order chi connectivity index (χ0) is 24.8. The Morgan fingerprint density at radius 3 is 1.64 bits per heavy atom. The van der Waals surface area contributed by atoms with Crippen molar-refractivity contribution in [3.05, 3.63) is 29.3 Å². The van der Waals surface area contributed by atoms with Gasteiger partial charge in [-0.15, -0.1) is 0 Å². The van der Waals surface area contributed by atoms with E-state index in [-0.39, 0.29) is 0 Å². The van der Waals surface area contributed by atoms with Gasteiger partial charge in [0.05, 0.1) is 0 Å². The summed E-state index contributed by atoms with van der Waals surface area (Å²) in [5, 5.41) is 0. The molecule has 3 nitrogen and oxygen atoms in total. The third kappa shape index (κ3) is 8.62. The van der Waals surface area contributed by atoms with Gasteiger partial charge in [0.2, 0.25) is 0 Å². The summed E-state index contributed by atoms with van der Waals surface area (Å²) in [6.45, 7) is 10.3. The molecule has 0 saturated carbocycles. The van der Waals surface area contributed by atoms with Crippen LogP contribution >= 0.6 is 6.83 Å². The summed E-state index contributed by atoms with van der Waals surface area (Å²) < 4.78 is 35.0. The standard InChI is InChI=1S/C28H53O3PS/c1-7-13-19-26-20-18-22-28(27(26)21-14-8-2)33(29,30)31-32(12-6,23-15-9-3,24-16-10-4)25-17-11-5/h18,20,22H,7-17,19,21,23-25H2,1-6H3. The fraction of sp³-hybridized carbons (Fsp3) is 0.786. The first-order valence-corrected chi connectivity index (χ1v) is 18.1. The zero-order valence-corrected chi connectivity index (χ0v) is 24.3. The summed E-state index contributed by atoms with van der Waals surface area (Å²) in [6.07, 6.45) is 16.1. The first kappa shape index (κ1) is 30.6. The number of aryl methyl sites for hydroxylation is 1. The van der Waals surface area contributed by atoms with E-state index in [4.69, 9.17) is 3.97 Å². The summed E-state index contributed by atoms with van der Waals surface area (Å²) in [7, 11) is -3.83. The van der Waals surface area contributed by atoms with Crippen LogP contribution in [0.25, 0.3) is 0 Å². The summed E-state index contributed by atoms with van der Waals surface area (Å²) in [5.74, 6) is 0. The van der Waals surface area contributed by atoms with Gasteiger partial charge in [0.15, 0.2) is 0 Å². The van der Waals surface area contributed by atoms with Crippen molar-refractivity contribution >= 4 is 16.9 Å². The number of unbranched alkanes of at least 4 members (excludes halogenated alkanes) is 5. The predicted molar refractivity (Wildman–Crippen MR) is 149 cm³/mol. The van der Waals surface area contributed by atoms with Crippen LogP contribution in [0.15, 0.2) is 23.1 Å². The molecule has 0 unspecified atom stereocenters. The average molecular weight is 501 g/mol. The quantitative estimate of drug-likeness (QED) is 0.178. The molecule has 1 aromatic rings. The molecule has 0 atom stereocenters. The van der Waals surface area contributed by atoms with Gasteiger partial charge in [0.25, 0.3) is 0 Å². The molecule has 1 rings (SSSR count). The van der Waals surface area contributed by atoms with Crippen molar-refractivity contribution in [2.75, 3.05) is 24.6 Å². The molecule has 194 valence electrons. The second-order valence-corrected chi connectivity index (χ2v) is 17.7. The fourth-order valence-corrected chi connectivity index (χ4v) is 14.7. The van der Waals surface area contributed by atoms with Crippen LogP contribution in [-0.2, 0) is 26.9 Å². The zero-order valence-electron chi connectivity index (χ0n) is 22.6. The number of hydrogen-bond donors (Lipinski definition) is 0. The third-order valence-corrected chi connectivity index (χ3v) is 16.8. The second-order valence-electron chi connectivity index (χ2n) is 10.0. The fourth-order valence-electron chi connectivity index (χ4n) is 5.05. The summed E-state index contributed by atoms with van der Waals surface area (Å²) in [5.41, 5.74) is 2.21. The summed E-state index contributed by atoms with van der Waals surface area (Å²) >= 11 is 0. The average Bonchev–Trinajstić information content (AvgIpc) is 2.82. The Hall–Kier alpha value is -0.440. The van der Waals surface area contributed by atoms with Crippen molar-refractivity contribution in [1.29, 1.82) is 0 Å². The van der Waals surface area contributed by atoms with E-state index >= 15 is 0 Å². The Labute approximate surface area is 206 Å². The van der Waals surface area contributed by atoms with E-state index in [1.54, 1.807) is 0 Å². The first-order chi connectivity index (χ1) is 15.8. The Morgan fingerprint density at radius 2 is 1.18 bits per heavy atom. The van der Waals surface area contributed by atoms with Crippen LogP contribution in [0, 0.1) is 0 Å². The van der Waals surface area contributed by atoms with Gasteiger partial charge in [-0.25, -0.2) is 0 Å². The van der Waals surface area contributed by atoms with Crippen LogP contribution in [0.1, 0.15) is 117 Å². The molecule has 0 aliphatic carbocycles. The van der Waals surface area contributed by atoms with E-state index in [0.29, 0.717) is 4.90 Å². The van der Waals surface area contributed by atoms with Crippen LogP contribution in [0.3, 0.4) is 0 Å². The molecule has 0 aromatic heterocycles. The van der Waals surface area contributed by atoms with Crippen LogP contribution < -0.4 is 0 Å². The molecule has 0 radical (unpaired) electrons. The molecule has 0 bridgehead atoms. The minimum absolute atomic E-state index is 0.455. The van der Waals surface area contributed by atoms with E-state index in [2.05, 4.69) is 47.6 Å². The predicted octanol–water partition coefficient (Wildman–Crippen LogP) is 8.97. The molecule has 0 aliphatic heterocycles. The second kappa shape index (κ2) is 14.8. The van der Waals surface area contributed by atoms with Gasteiger partial charge in [0, 0.05) is 0 Å². The molecular weight excluding hydrogens is 447 g/mol. The Balaban J connectivity index is 3.61. The third-order valence-electron chi connectivity index (χ3n) is 7.42. The van der Waals surface area contributed by atoms with Crippen LogP contribution in [0.2, 0.25) is 0 Å². The Morgan fingerprint density at radius 1 is 0.697 bits per heavy atom. The van der Waals surface area contributed by atoms with Crippen molar-refractivity contribution in [1.82, 2.24) is 0 Å². The summed E-state index contributed by atoms with van der Waals surface area (Å²) in [4.78, 5) is 0.455. The molecule has 0 heterocycles. The van der Waals surface area contributed by atoms with E-state index in [9.17, 15) is 8.42 Å². The monoisotopic (exact) mass is 500 g/mol. The topological polar surface area (TPSA) is 43.4 Å². The minimum atomic E-state index is -3.83. The van der Waals surface area contributed by atoms with Crippen LogP contribution in [-0.4, -0.2) is 33.1 Å². The molecule has 5 heteroatoms.